The summed E-state index contributed by atoms with van der Waals surface area (Å²) in [5, 5.41) is 8.96. The predicted octanol–water partition coefficient (Wildman–Crippen LogP) is 4.59. The zero-order valence-electron chi connectivity index (χ0n) is 12.3. The molecule has 0 saturated carbocycles. The van der Waals surface area contributed by atoms with Crippen molar-refractivity contribution >= 4 is 5.69 Å². The minimum Gasteiger partial charge on any atom is -0.371 e. The largest absolute Gasteiger partial charge is 0.417 e. The third-order valence-electron chi connectivity index (χ3n) is 4.62. The van der Waals surface area contributed by atoms with Crippen LogP contribution in [0, 0.1) is 16.7 Å². The fraction of sp³-hybridized carbons (Fsp3) is 0.562. The number of piperidine rings is 1. The summed E-state index contributed by atoms with van der Waals surface area (Å²) in [6.45, 7) is 6.06. The van der Waals surface area contributed by atoms with Crippen molar-refractivity contribution in [3.05, 3.63) is 29.3 Å². The Morgan fingerprint density at radius 2 is 1.90 bits per heavy atom. The Hall–Kier alpha value is -1.70. The molecule has 0 spiro atoms. The second-order valence-electron chi connectivity index (χ2n) is 5.99. The summed E-state index contributed by atoms with van der Waals surface area (Å²) in [4.78, 5) is 2.07. The van der Waals surface area contributed by atoms with Crippen LogP contribution in [0.15, 0.2) is 18.2 Å². The lowest BCUT2D eigenvalue weighted by molar-refractivity contribution is -0.137. The van der Waals surface area contributed by atoms with Crippen LogP contribution >= 0.6 is 0 Å². The summed E-state index contributed by atoms with van der Waals surface area (Å²) in [6, 6.07) is 5.51. The second-order valence-corrected chi connectivity index (χ2v) is 5.99. The van der Waals surface area contributed by atoms with Crippen LogP contribution in [0.3, 0.4) is 0 Å². The lowest BCUT2D eigenvalue weighted by atomic mass is 9.78. The summed E-state index contributed by atoms with van der Waals surface area (Å²) in [7, 11) is 0. The molecule has 2 rings (SSSR count). The zero-order chi connectivity index (χ0) is 15.7. The molecule has 0 unspecified atom stereocenters. The van der Waals surface area contributed by atoms with Gasteiger partial charge in [0.05, 0.1) is 17.2 Å². The highest BCUT2D eigenvalue weighted by molar-refractivity contribution is 5.55. The lowest BCUT2D eigenvalue weighted by Gasteiger charge is -2.40. The summed E-state index contributed by atoms with van der Waals surface area (Å²) >= 11 is 0. The van der Waals surface area contributed by atoms with Gasteiger partial charge in [-0.1, -0.05) is 20.3 Å². The molecule has 1 saturated heterocycles. The summed E-state index contributed by atoms with van der Waals surface area (Å²) in [6.07, 6.45) is -1.33. The number of hydrogen-bond acceptors (Lipinski definition) is 2. The molecule has 1 aliphatic rings. The van der Waals surface area contributed by atoms with E-state index >= 15 is 0 Å². The van der Waals surface area contributed by atoms with Crippen LogP contribution in [-0.2, 0) is 6.18 Å². The number of benzene rings is 1. The number of nitriles is 1. The van der Waals surface area contributed by atoms with Gasteiger partial charge in [-0.15, -0.1) is 0 Å². The van der Waals surface area contributed by atoms with Crippen LogP contribution in [0.25, 0.3) is 0 Å². The van der Waals surface area contributed by atoms with Crippen molar-refractivity contribution < 1.29 is 13.2 Å². The Morgan fingerprint density at radius 3 is 2.38 bits per heavy atom. The second kappa shape index (κ2) is 5.59. The molecular weight excluding hydrogens is 277 g/mol. The molecule has 0 amide bonds. The topological polar surface area (TPSA) is 27.0 Å². The Kier molecular flexibility index (Phi) is 4.18. The molecule has 5 heteroatoms. The third kappa shape index (κ3) is 3.31. The monoisotopic (exact) mass is 296 g/mol. The number of hydrogen-bond donors (Lipinski definition) is 0. The van der Waals surface area contributed by atoms with Gasteiger partial charge in [0.15, 0.2) is 0 Å². The maximum Gasteiger partial charge on any atom is 0.417 e. The number of alkyl halides is 3. The Bertz CT molecular complexity index is 550. The van der Waals surface area contributed by atoms with Crippen LogP contribution in [0.1, 0.15) is 44.2 Å². The van der Waals surface area contributed by atoms with Gasteiger partial charge in [0, 0.05) is 18.8 Å². The zero-order valence-corrected chi connectivity index (χ0v) is 12.3. The maximum absolute atomic E-state index is 12.8. The van der Waals surface area contributed by atoms with E-state index in [0.29, 0.717) is 11.1 Å². The van der Waals surface area contributed by atoms with Gasteiger partial charge in [-0.3, -0.25) is 0 Å². The van der Waals surface area contributed by atoms with Gasteiger partial charge >= 0.3 is 6.18 Å². The van der Waals surface area contributed by atoms with Crippen LogP contribution in [-0.4, -0.2) is 13.1 Å². The minimum atomic E-state index is -4.48. The minimum absolute atomic E-state index is 0.302. The van der Waals surface area contributed by atoms with Crippen molar-refractivity contribution in [3.8, 4) is 6.07 Å². The molecule has 21 heavy (non-hydrogen) atoms. The van der Waals surface area contributed by atoms with Gasteiger partial charge in [-0.2, -0.15) is 18.4 Å². The fourth-order valence-corrected chi connectivity index (χ4v) is 2.73. The molecule has 1 aromatic carbocycles. The van der Waals surface area contributed by atoms with Crippen LogP contribution in [0.2, 0.25) is 0 Å². The van der Waals surface area contributed by atoms with Crippen LogP contribution in [0.4, 0.5) is 18.9 Å². The molecule has 0 N–H and O–H groups in total. The first-order valence-corrected chi connectivity index (χ1v) is 7.15. The molecular formula is C16H19F3N2. The highest BCUT2D eigenvalue weighted by Crippen LogP contribution is 2.37. The van der Waals surface area contributed by atoms with Crippen LogP contribution < -0.4 is 4.90 Å². The summed E-state index contributed by atoms with van der Waals surface area (Å²) < 4.78 is 38.4. The van der Waals surface area contributed by atoms with Crippen molar-refractivity contribution in [2.75, 3.05) is 18.0 Å². The van der Waals surface area contributed by atoms with E-state index in [9.17, 15) is 13.2 Å². The van der Waals surface area contributed by atoms with Gasteiger partial charge in [-0.25, -0.2) is 0 Å². The van der Waals surface area contributed by atoms with Crippen molar-refractivity contribution in [2.24, 2.45) is 5.41 Å². The van der Waals surface area contributed by atoms with E-state index in [4.69, 9.17) is 5.26 Å². The number of nitrogens with zero attached hydrogens (tertiary/aromatic N) is 2. The first kappa shape index (κ1) is 15.7. The van der Waals surface area contributed by atoms with Crippen molar-refractivity contribution in [3.63, 3.8) is 0 Å². The molecule has 0 radical (unpaired) electrons. The van der Waals surface area contributed by atoms with Crippen molar-refractivity contribution in [1.82, 2.24) is 0 Å². The van der Waals surface area contributed by atoms with Gasteiger partial charge < -0.3 is 4.90 Å². The highest BCUT2D eigenvalue weighted by Gasteiger charge is 2.34. The van der Waals surface area contributed by atoms with E-state index in [1.54, 1.807) is 6.07 Å². The first-order valence-electron chi connectivity index (χ1n) is 7.15. The molecule has 1 fully saturated rings. The molecule has 0 aliphatic carbocycles. The molecule has 0 bridgehead atoms. The van der Waals surface area contributed by atoms with Gasteiger partial charge in [-0.05, 0) is 36.5 Å². The number of halogens is 3. The average molecular weight is 296 g/mol. The average Bonchev–Trinajstić information content (AvgIpc) is 2.46. The van der Waals surface area contributed by atoms with Crippen LogP contribution in [0.5, 0.6) is 0 Å². The number of rotatable bonds is 2. The van der Waals surface area contributed by atoms with Crippen molar-refractivity contribution in [1.29, 1.82) is 5.26 Å². The Balaban J connectivity index is 2.22. The predicted molar refractivity (Wildman–Crippen MR) is 76.0 cm³/mol. The normalized spacial score (nSPS) is 18.4. The standard InChI is InChI=1S/C16H19F3N2/c1-3-15(2)6-8-21(9-7-15)13-4-5-14(16(17,18)19)12(10-13)11-20/h4-5,10H,3,6-9H2,1-2H3. The molecule has 1 aliphatic heterocycles. The first-order chi connectivity index (χ1) is 9.79. The molecule has 0 atom stereocenters. The van der Waals surface area contributed by atoms with E-state index in [-0.39, 0.29) is 5.56 Å². The number of anilines is 1. The van der Waals surface area contributed by atoms with E-state index in [1.807, 2.05) is 0 Å². The van der Waals surface area contributed by atoms with Crippen molar-refractivity contribution in [2.45, 2.75) is 39.3 Å². The smallest absolute Gasteiger partial charge is 0.371 e. The molecule has 2 nitrogen and oxygen atoms in total. The van der Waals surface area contributed by atoms with E-state index in [0.717, 1.165) is 38.4 Å². The Labute approximate surface area is 123 Å². The summed E-state index contributed by atoms with van der Waals surface area (Å²) in [5.74, 6) is 0. The van der Waals surface area contributed by atoms with Gasteiger partial charge in [0.1, 0.15) is 0 Å². The molecule has 0 aromatic heterocycles. The lowest BCUT2D eigenvalue weighted by Crippen LogP contribution is -2.38. The van der Waals surface area contributed by atoms with E-state index in [2.05, 4.69) is 18.7 Å². The molecule has 1 heterocycles. The quantitative estimate of drug-likeness (QED) is 0.798. The highest BCUT2D eigenvalue weighted by atomic mass is 19.4. The Morgan fingerprint density at radius 1 is 1.29 bits per heavy atom. The molecule has 114 valence electrons. The fourth-order valence-electron chi connectivity index (χ4n) is 2.73. The molecule has 1 aromatic rings. The third-order valence-corrected chi connectivity index (χ3v) is 4.62. The van der Waals surface area contributed by atoms with E-state index in [1.165, 1.54) is 12.1 Å². The SMILES string of the molecule is CCC1(C)CCN(c2ccc(C(F)(F)F)c(C#N)c2)CC1. The van der Waals surface area contributed by atoms with Gasteiger partial charge in [0.25, 0.3) is 0 Å². The van der Waals surface area contributed by atoms with Gasteiger partial charge in [0.2, 0.25) is 0 Å². The maximum atomic E-state index is 12.8. The summed E-state index contributed by atoms with van der Waals surface area (Å²) in [5.41, 5.74) is -0.133. The van der Waals surface area contributed by atoms with E-state index < -0.39 is 11.7 Å².